The summed E-state index contributed by atoms with van der Waals surface area (Å²) in [7, 11) is 0. The van der Waals surface area contributed by atoms with Crippen molar-refractivity contribution >= 4 is 16.6 Å². The Labute approximate surface area is 101 Å². The summed E-state index contributed by atoms with van der Waals surface area (Å²) in [4.78, 5) is 2.29. The summed E-state index contributed by atoms with van der Waals surface area (Å²) in [6.07, 6.45) is 5.50. The zero-order valence-electron chi connectivity index (χ0n) is 9.93. The van der Waals surface area contributed by atoms with Gasteiger partial charge in [-0.25, -0.2) is 0 Å². The minimum absolute atomic E-state index is 0.932. The van der Waals surface area contributed by atoms with Gasteiger partial charge in [0, 0.05) is 23.9 Å². The molecule has 0 saturated carbocycles. The van der Waals surface area contributed by atoms with Crippen LogP contribution in [0.3, 0.4) is 0 Å². The molecule has 1 aromatic carbocycles. The van der Waals surface area contributed by atoms with Crippen molar-refractivity contribution in [2.24, 2.45) is 0 Å². The first-order valence-corrected chi connectivity index (χ1v) is 5.98. The molecule has 0 aliphatic carbocycles. The van der Waals surface area contributed by atoms with Crippen LogP contribution in [0.2, 0.25) is 0 Å². The lowest BCUT2D eigenvalue weighted by molar-refractivity contribution is 0.794. The fourth-order valence-corrected chi connectivity index (χ4v) is 2.29. The second-order valence-corrected chi connectivity index (χ2v) is 4.36. The van der Waals surface area contributed by atoms with E-state index in [0.29, 0.717) is 0 Å². The van der Waals surface area contributed by atoms with E-state index in [2.05, 4.69) is 51.5 Å². The van der Waals surface area contributed by atoms with Gasteiger partial charge in [0.25, 0.3) is 0 Å². The first-order chi connectivity index (χ1) is 8.36. The SMILES string of the molecule is Cc1nnc(N2CC=CCC2)c2ccccc12. The summed E-state index contributed by atoms with van der Waals surface area (Å²) in [6.45, 7) is 3.97. The molecule has 3 nitrogen and oxygen atoms in total. The smallest absolute Gasteiger partial charge is 0.159 e. The Morgan fingerprint density at radius 3 is 2.65 bits per heavy atom. The van der Waals surface area contributed by atoms with Gasteiger partial charge < -0.3 is 4.90 Å². The predicted octanol–water partition coefficient (Wildman–Crippen LogP) is 2.70. The van der Waals surface area contributed by atoms with E-state index in [1.165, 1.54) is 10.8 Å². The quantitative estimate of drug-likeness (QED) is 0.699. The third kappa shape index (κ3) is 1.78. The molecule has 0 fully saturated rings. The van der Waals surface area contributed by atoms with Crippen LogP contribution in [-0.2, 0) is 0 Å². The van der Waals surface area contributed by atoms with E-state index < -0.39 is 0 Å². The Morgan fingerprint density at radius 1 is 1.06 bits per heavy atom. The lowest BCUT2D eigenvalue weighted by Crippen LogP contribution is -2.28. The van der Waals surface area contributed by atoms with E-state index >= 15 is 0 Å². The highest BCUT2D eigenvalue weighted by Gasteiger charge is 2.13. The van der Waals surface area contributed by atoms with Crippen molar-refractivity contribution < 1.29 is 0 Å². The van der Waals surface area contributed by atoms with Crippen LogP contribution in [-0.4, -0.2) is 23.3 Å². The van der Waals surface area contributed by atoms with Crippen LogP contribution >= 0.6 is 0 Å². The molecule has 1 aromatic heterocycles. The largest absolute Gasteiger partial charge is 0.351 e. The number of hydrogen-bond donors (Lipinski definition) is 0. The van der Waals surface area contributed by atoms with Crippen molar-refractivity contribution in [3.8, 4) is 0 Å². The van der Waals surface area contributed by atoms with E-state index in [4.69, 9.17) is 0 Å². The number of anilines is 1. The maximum atomic E-state index is 4.37. The highest BCUT2D eigenvalue weighted by Crippen LogP contribution is 2.26. The summed E-state index contributed by atoms with van der Waals surface area (Å²) in [5.41, 5.74) is 0.997. The van der Waals surface area contributed by atoms with Crippen LogP contribution in [0.25, 0.3) is 10.8 Å². The van der Waals surface area contributed by atoms with Gasteiger partial charge in [0.2, 0.25) is 0 Å². The van der Waals surface area contributed by atoms with Crippen LogP contribution in [0.5, 0.6) is 0 Å². The molecule has 17 heavy (non-hydrogen) atoms. The molecular formula is C14H15N3. The summed E-state index contributed by atoms with van der Waals surface area (Å²) in [5.74, 6) is 1.01. The van der Waals surface area contributed by atoms with Crippen LogP contribution in [0.1, 0.15) is 12.1 Å². The van der Waals surface area contributed by atoms with E-state index in [9.17, 15) is 0 Å². The zero-order chi connectivity index (χ0) is 11.7. The lowest BCUT2D eigenvalue weighted by atomic mass is 10.1. The fourth-order valence-electron chi connectivity index (χ4n) is 2.29. The molecule has 0 amide bonds. The van der Waals surface area contributed by atoms with E-state index in [1.54, 1.807) is 0 Å². The molecule has 0 bridgehead atoms. The topological polar surface area (TPSA) is 29.0 Å². The van der Waals surface area contributed by atoms with Gasteiger partial charge in [0.15, 0.2) is 5.82 Å². The third-order valence-electron chi connectivity index (χ3n) is 3.21. The minimum atomic E-state index is 0.932. The maximum absolute atomic E-state index is 4.37. The first kappa shape index (κ1) is 10.3. The van der Waals surface area contributed by atoms with Crippen molar-refractivity contribution in [2.45, 2.75) is 13.3 Å². The van der Waals surface area contributed by atoms with Crippen LogP contribution in [0, 0.1) is 6.92 Å². The van der Waals surface area contributed by atoms with Crippen LogP contribution in [0.4, 0.5) is 5.82 Å². The highest BCUT2D eigenvalue weighted by atomic mass is 15.3. The molecular weight excluding hydrogens is 210 g/mol. The average molecular weight is 225 g/mol. The van der Waals surface area contributed by atoms with Gasteiger partial charge in [0.05, 0.1) is 5.69 Å². The number of fused-ring (bicyclic) bond motifs is 1. The lowest BCUT2D eigenvalue weighted by Gasteiger charge is -2.25. The summed E-state index contributed by atoms with van der Waals surface area (Å²) >= 11 is 0. The molecule has 86 valence electrons. The molecule has 0 spiro atoms. The number of benzene rings is 1. The minimum Gasteiger partial charge on any atom is -0.351 e. The van der Waals surface area contributed by atoms with Crippen LogP contribution in [0.15, 0.2) is 36.4 Å². The number of rotatable bonds is 1. The van der Waals surface area contributed by atoms with Gasteiger partial charge in [-0.1, -0.05) is 36.4 Å². The van der Waals surface area contributed by atoms with Gasteiger partial charge >= 0.3 is 0 Å². The second-order valence-electron chi connectivity index (χ2n) is 4.36. The number of aryl methyl sites for hydroxylation is 1. The Morgan fingerprint density at radius 2 is 1.88 bits per heavy atom. The van der Waals surface area contributed by atoms with E-state index in [-0.39, 0.29) is 0 Å². The summed E-state index contributed by atoms with van der Waals surface area (Å²) in [5, 5.41) is 11.0. The van der Waals surface area contributed by atoms with Gasteiger partial charge in [-0.15, -0.1) is 5.10 Å². The van der Waals surface area contributed by atoms with Crippen molar-refractivity contribution in [3.05, 3.63) is 42.1 Å². The predicted molar refractivity (Wildman–Crippen MR) is 70.2 cm³/mol. The maximum Gasteiger partial charge on any atom is 0.159 e. The van der Waals surface area contributed by atoms with E-state index in [0.717, 1.165) is 31.0 Å². The molecule has 1 aliphatic heterocycles. The molecule has 3 rings (SSSR count). The Balaban J connectivity index is 2.16. The number of nitrogens with zero attached hydrogens (tertiary/aromatic N) is 3. The first-order valence-electron chi connectivity index (χ1n) is 5.98. The van der Waals surface area contributed by atoms with Crippen molar-refractivity contribution in [2.75, 3.05) is 18.0 Å². The number of hydrogen-bond acceptors (Lipinski definition) is 3. The molecule has 0 N–H and O–H groups in total. The van der Waals surface area contributed by atoms with Crippen molar-refractivity contribution in [1.82, 2.24) is 10.2 Å². The second kappa shape index (κ2) is 4.17. The van der Waals surface area contributed by atoms with Gasteiger partial charge in [-0.2, -0.15) is 5.10 Å². The van der Waals surface area contributed by atoms with E-state index in [1.807, 2.05) is 6.92 Å². The van der Waals surface area contributed by atoms with Gasteiger partial charge in [0.1, 0.15) is 0 Å². The molecule has 2 heterocycles. The number of aromatic nitrogens is 2. The third-order valence-corrected chi connectivity index (χ3v) is 3.21. The highest BCUT2D eigenvalue weighted by molar-refractivity contribution is 5.93. The van der Waals surface area contributed by atoms with Crippen LogP contribution < -0.4 is 4.90 Å². The Hall–Kier alpha value is -1.90. The Bertz CT molecular complexity index is 575. The van der Waals surface area contributed by atoms with Crippen molar-refractivity contribution in [1.29, 1.82) is 0 Å². The zero-order valence-corrected chi connectivity index (χ0v) is 9.93. The van der Waals surface area contributed by atoms with Gasteiger partial charge in [-0.3, -0.25) is 0 Å². The van der Waals surface area contributed by atoms with Gasteiger partial charge in [-0.05, 0) is 13.3 Å². The molecule has 2 aromatic rings. The summed E-state index contributed by atoms with van der Waals surface area (Å²) < 4.78 is 0. The normalized spacial score (nSPS) is 15.5. The fraction of sp³-hybridized carbons (Fsp3) is 0.286. The molecule has 0 unspecified atom stereocenters. The summed E-state index contributed by atoms with van der Waals surface area (Å²) in [6, 6.07) is 8.36. The molecule has 0 saturated heterocycles. The van der Waals surface area contributed by atoms with Crippen molar-refractivity contribution in [3.63, 3.8) is 0 Å². The molecule has 1 aliphatic rings. The molecule has 0 atom stereocenters. The standard InChI is InChI=1S/C14H15N3/c1-11-12-7-3-4-8-13(12)14(16-15-11)17-9-5-2-6-10-17/h2-5,7-8H,6,9-10H2,1H3. The molecule has 3 heteroatoms. The molecule has 0 radical (unpaired) electrons. The Kier molecular flexibility index (Phi) is 2.52. The average Bonchev–Trinajstić information content (AvgIpc) is 2.41. The monoisotopic (exact) mass is 225 g/mol.